The molecule has 0 heterocycles. The lowest BCUT2D eigenvalue weighted by Gasteiger charge is -2.09. The zero-order valence-corrected chi connectivity index (χ0v) is 13.0. The molecule has 1 N–H and O–H groups in total. The second kappa shape index (κ2) is 7.98. The van der Waals surface area contributed by atoms with Crippen LogP contribution in [0.5, 0.6) is 11.5 Å². The molecule has 5 heteroatoms. The Labute approximate surface area is 134 Å². The van der Waals surface area contributed by atoms with E-state index < -0.39 is 0 Å². The van der Waals surface area contributed by atoms with Gasteiger partial charge in [0.1, 0.15) is 5.82 Å². The molecular weight excluding hydrogens is 297 g/mol. The first-order valence-corrected chi connectivity index (χ1v) is 7.05. The smallest absolute Gasteiger partial charge is 0.244 e. The van der Waals surface area contributed by atoms with Gasteiger partial charge in [-0.3, -0.25) is 4.79 Å². The molecule has 0 fully saturated rings. The van der Waals surface area contributed by atoms with Gasteiger partial charge in [-0.25, -0.2) is 4.39 Å². The second-order valence-corrected chi connectivity index (χ2v) is 4.76. The Balaban J connectivity index is 1.95. The molecule has 0 radical (unpaired) electrons. The number of carbonyl (C=O) groups excluding carboxylic acids is 1. The van der Waals surface area contributed by atoms with Crippen molar-refractivity contribution >= 4 is 12.0 Å². The van der Waals surface area contributed by atoms with Crippen LogP contribution in [-0.4, -0.2) is 20.1 Å². The predicted molar refractivity (Wildman–Crippen MR) is 86.8 cm³/mol. The normalized spacial score (nSPS) is 10.6. The summed E-state index contributed by atoms with van der Waals surface area (Å²) in [5.41, 5.74) is 1.24. The van der Waals surface area contributed by atoms with Crippen LogP contribution in [0.25, 0.3) is 6.08 Å². The molecule has 2 aromatic carbocycles. The van der Waals surface area contributed by atoms with Gasteiger partial charge in [0.25, 0.3) is 0 Å². The number of carbonyl (C=O) groups is 1. The molecular formula is C18H18FNO3. The molecule has 0 aliphatic carbocycles. The molecule has 0 unspecified atom stereocenters. The Hall–Kier alpha value is -2.82. The van der Waals surface area contributed by atoms with E-state index in [1.54, 1.807) is 44.6 Å². The molecule has 0 aliphatic rings. The van der Waals surface area contributed by atoms with Gasteiger partial charge in [-0.1, -0.05) is 24.3 Å². The number of halogens is 1. The van der Waals surface area contributed by atoms with E-state index in [9.17, 15) is 9.18 Å². The molecule has 0 saturated carbocycles. The minimum absolute atomic E-state index is 0.303. The van der Waals surface area contributed by atoms with Crippen LogP contribution < -0.4 is 14.8 Å². The third-order valence-corrected chi connectivity index (χ3v) is 3.23. The molecule has 0 aromatic heterocycles. The molecule has 0 saturated heterocycles. The average Bonchev–Trinajstić information content (AvgIpc) is 2.58. The molecule has 120 valence electrons. The van der Waals surface area contributed by atoms with E-state index >= 15 is 0 Å². The molecule has 0 atom stereocenters. The van der Waals surface area contributed by atoms with Gasteiger partial charge >= 0.3 is 0 Å². The maximum Gasteiger partial charge on any atom is 0.244 e. The van der Waals surface area contributed by atoms with Crippen LogP contribution in [0.3, 0.4) is 0 Å². The number of ether oxygens (including phenoxy) is 2. The lowest BCUT2D eigenvalue weighted by atomic mass is 10.2. The summed E-state index contributed by atoms with van der Waals surface area (Å²) < 4.78 is 23.8. The van der Waals surface area contributed by atoms with Crippen molar-refractivity contribution in [3.8, 4) is 11.5 Å². The Bertz CT molecular complexity index is 713. The molecule has 2 aromatic rings. The van der Waals surface area contributed by atoms with E-state index in [1.807, 2.05) is 6.07 Å². The number of methoxy groups -OCH3 is 2. The van der Waals surface area contributed by atoms with Crippen LogP contribution in [0.1, 0.15) is 11.1 Å². The van der Waals surface area contributed by atoms with E-state index in [0.717, 1.165) is 5.56 Å². The minimum Gasteiger partial charge on any atom is -0.493 e. The zero-order valence-electron chi connectivity index (χ0n) is 13.0. The Kier molecular flexibility index (Phi) is 5.74. The van der Waals surface area contributed by atoms with Crippen molar-refractivity contribution < 1.29 is 18.7 Å². The van der Waals surface area contributed by atoms with Gasteiger partial charge in [-0.15, -0.1) is 0 Å². The van der Waals surface area contributed by atoms with Gasteiger partial charge in [-0.05, 0) is 29.8 Å². The third kappa shape index (κ3) is 4.57. The van der Waals surface area contributed by atoms with Crippen molar-refractivity contribution in [2.45, 2.75) is 6.54 Å². The van der Waals surface area contributed by atoms with Crippen LogP contribution in [0, 0.1) is 5.82 Å². The molecule has 2 rings (SSSR count). The van der Waals surface area contributed by atoms with Crippen LogP contribution in [0.4, 0.5) is 4.39 Å². The van der Waals surface area contributed by atoms with Gasteiger partial charge in [0.2, 0.25) is 5.91 Å². The zero-order chi connectivity index (χ0) is 16.7. The van der Waals surface area contributed by atoms with E-state index in [4.69, 9.17) is 9.47 Å². The molecule has 0 aliphatic heterocycles. The van der Waals surface area contributed by atoms with Gasteiger partial charge < -0.3 is 14.8 Å². The summed E-state index contributed by atoms with van der Waals surface area (Å²) >= 11 is 0. The number of rotatable bonds is 6. The number of hydrogen-bond donors (Lipinski definition) is 1. The van der Waals surface area contributed by atoms with Gasteiger partial charge in [0.05, 0.1) is 14.2 Å². The monoisotopic (exact) mass is 315 g/mol. The topological polar surface area (TPSA) is 47.6 Å². The summed E-state index contributed by atoms with van der Waals surface area (Å²) in [5, 5.41) is 2.73. The lowest BCUT2D eigenvalue weighted by Crippen LogP contribution is -2.20. The standard InChI is InChI=1S/C18H18FNO3/c1-22-16-9-7-13(11-17(16)23-2)12-20-18(21)10-8-14-5-3-4-6-15(14)19/h3-11H,12H2,1-2H3,(H,20,21)/b10-8+. The summed E-state index contributed by atoms with van der Waals surface area (Å²) in [7, 11) is 3.12. The third-order valence-electron chi connectivity index (χ3n) is 3.23. The maximum absolute atomic E-state index is 13.4. The van der Waals surface area contributed by atoms with Crippen molar-refractivity contribution in [2.75, 3.05) is 14.2 Å². The first-order valence-electron chi connectivity index (χ1n) is 7.05. The quantitative estimate of drug-likeness (QED) is 0.833. The first kappa shape index (κ1) is 16.5. The molecule has 1 amide bonds. The minimum atomic E-state index is -0.364. The largest absolute Gasteiger partial charge is 0.493 e. The molecule has 23 heavy (non-hydrogen) atoms. The Morgan fingerprint density at radius 3 is 2.57 bits per heavy atom. The van der Waals surface area contributed by atoms with Crippen molar-refractivity contribution in [3.63, 3.8) is 0 Å². The van der Waals surface area contributed by atoms with E-state index in [0.29, 0.717) is 23.6 Å². The second-order valence-electron chi connectivity index (χ2n) is 4.76. The van der Waals surface area contributed by atoms with Crippen molar-refractivity contribution in [3.05, 3.63) is 65.5 Å². The van der Waals surface area contributed by atoms with E-state index in [-0.39, 0.29) is 11.7 Å². The van der Waals surface area contributed by atoms with Gasteiger partial charge in [-0.2, -0.15) is 0 Å². The fourth-order valence-electron chi connectivity index (χ4n) is 2.01. The molecule has 0 spiro atoms. The molecule has 0 bridgehead atoms. The van der Waals surface area contributed by atoms with Gasteiger partial charge in [0.15, 0.2) is 11.5 Å². The highest BCUT2D eigenvalue weighted by molar-refractivity contribution is 5.91. The van der Waals surface area contributed by atoms with Gasteiger partial charge in [0, 0.05) is 18.2 Å². The molecule has 4 nitrogen and oxygen atoms in total. The Morgan fingerprint density at radius 1 is 1.13 bits per heavy atom. The first-order chi connectivity index (χ1) is 11.1. The highest BCUT2D eigenvalue weighted by Gasteiger charge is 2.05. The lowest BCUT2D eigenvalue weighted by molar-refractivity contribution is -0.116. The maximum atomic E-state index is 13.4. The SMILES string of the molecule is COc1ccc(CNC(=O)/C=C/c2ccccc2F)cc1OC. The van der Waals surface area contributed by atoms with Crippen LogP contribution >= 0.6 is 0 Å². The van der Waals surface area contributed by atoms with Crippen molar-refractivity contribution in [1.29, 1.82) is 0 Å². The van der Waals surface area contributed by atoms with Crippen LogP contribution in [0.15, 0.2) is 48.5 Å². The highest BCUT2D eigenvalue weighted by Crippen LogP contribution is 2.27. The number of benzene rings is 2. The summed E-state index contributed by atoms with van der Waals surface area (Å²) in [6.45, 7) is 0.334. The average molecular weight is 315 g/mol. The summed E-state index contributed by atoms with van der Waals surface area (Å²) in [5.74, 6) is 0.558. The summed E-state index contributed by atoms with van der Waals surface area (Å²) in [6, 6.07) is 11.7. The van der Waals surface area contributed by atoms with Crippen molar-refractivity contribution in [2.24, 2.45) is 0 Å². The predicted octanol–water partition coefficient (Wildman–Crippen LogP) is 3.17. The van der Waals surface area contributed by atoms with Crippen LogP contribution in [-0.2, 0) is 11.3 Å². The number of amides is 1. The van der Waals surface area contributed by atoms with E-state index in [1.165, 1.54) is 18.2 Å². The van der Waals surface area contributed by atoms with Crippen LogP contribution in [0.2, 0.25) is 0 Å². The Morgan fingerprint density at radius 2 is 1.87 bits per heavy atom. The fourth-order valence-corrected chi connectivity index (χ4v) is 2.01. The van der Waals surface area contributed by atoms with Crippen molar-refractivity contribution in [1.82, 2.24) is 5.32 Å². The fraction of sp³-hybridized carbons (Fsp3) is 0.167. The highest BCUT2D eigenvalue weighted by atomic mass is 19.1. The number of nitrogens with one attached hydrogen (secondary N) is 1. The summed E-state index contributed by atoms with van der Waals surface area (Å²) in [4.78, 5) is 11.8. The van der Waals surface area contributed by atoms with E-state index in [2.05, 4.69) is 5.32 Å². The number of hydrogen-bond acceptors (Lipinski definition) is 3. The summed E-state index contributed by atoms with van der Waals surface area (Å²) in [6.07, 6.45) is 2.75.